The SMILES string of the molecule is COc1nc(N)c(C#N)c(-c2ccc(Cl)c(Cl)c2)c1C#N. The van der Waals surface area contributed by atoms with E-state index in [1.165, 1.54) is 7.11 Å². The fourth-order valence-electron chi connectivity index (χ4n) is 1.89. The summed E-state index contributed by atoms with van der Waals surface area (Å²) in [4.78, 5) is 3.91. The number of pyridine rings is 1. The summed E-state index contributed by atoms with van der Waals surface area (Å²) in [5.41, 5.74) is 6.81. The summed E-state index contributed by atoms with van der Waals surface area (Å²) in [6.45, 7) is 0. The molecule has 0 bridgehead atoms. The normalized spacial score (nSPS) is 9.76. The third-order valence-corrected chi connectivity index (χ3v) is 3.56. The number of hydrogen-bond acceptors (Lipinski definition) is 5. The number of aromatic nitrogens is 1. The number of nitrogens with zero attached hydrogens (tertiary/aromatic N) is 3. The summed E-state index contributed by atoms with van der Waals surface area (Å²) in [5, 5.41) is 19.3. The average molecular weight is 319 g/mol. The molecule has 2 N–H and O–H groups in total. The first-order valence-corrected chi connectivity index (χ1v) is 6.42. The van der Waals surface area contributed by atoms with E-state index in [1.54, 1.807) is 18.2 Å². The molecule has 1 heterocycles. The van der Waals surface area contributed by atoms with E-state index in [9.17, 15) is 10.5 Å². The Kier molecular flexibility index (Phi) is 4.18. The van der Waals surface area contributed by atoms with Gasteiger partial charge < -0.3 is 10.5 Å². The molecule has 0 saturated carbocycles. The molecule has 0 saturated heterocycles. The maximum absolute atomic E-state index is 9.35. The molecule has 1 aromatic carbocycles. The van der Waals surface area contributed by atoms with Crippen molar-refractivity contribution < 1.29 is 4.74 Å². The van der Waals surface area contributed by atoms with Crippen molar-refractivity contribution in [3.8, 4) is 29.1 Å². The lowest BCUT2D eigenvalue weighted by atomic mass is 9.96. The van der Waals surface area contributed by atoms with Gasteiger partial charge in [-0.05, 0) is 17.7 Å². The van der Waals surface area contributed by atoms with Crippen LogP contribution in [0.3, 0.4) is 0 Å². The zero-order chi connectivity index (χ0) is 15.6. The van der Waals surface area contributed by atoms with Crippen LogP contribution in [0.2, 0.25) is 10.0 Å². The molecule has 0 amide bonds. The quantitative estimate of drug-likeness (QED) is 0.915. The van der Waals surface area contributed by atoms with E-state index in [0.29, 0.717) is 21.2 Å². The molecule has 0 aliphatic heterocycles. The summed E-state index contributed by atoms with van der Waals surface area (Å²) >= 11 is 11.9. The highest BCUT2D eigenvalue weighted by molar-refractivity contribution is 6.42. The van der Waals surface area contributed by atoms with Gasteiger partial charge in [0.2, 0.25) is 5.88 Å². The van der Waals surface area contributed by atoms with E-state index in [4.69, 9.17) is 33.7 Å². The van der Waals surface area contributed by atoms with Gasteiger partial charge in [-0.25, -0.2) is 0 Å². The van der Waals surface area contributed by atoms with Gasteiger partial charge in [0, 0.05) is 5.56 Å². The van der Waals surface area contributed by atoms with E-state index >= 15 is 0 Å². The molecule has 2 rings (SSSR count). The first-order chi connectivity index (χ1) is 10.0. The van der Waals surface area contributed by atoms with Gasteiger partial charge in [-0.15, -0.1) is 0 Å². The molecular formula is C14H8Cl2N4O. The van der Waals surface area contributed by atoms with Crippen LogP contribution in [0.4, 0.5) is 5.82 Å². The highest BCUT2D eigenvalue weighted by atomic mass is 35.5. The van der Waals surface area contributed by atoms with Gasteiger partial charge in [0.15, 0.2) is 0 Å². The summed E-state index contributed by atoms with van der Waals surface area (Å²) in [6.07, 6.45) is 0. The number of methoxy groups -OCH3 is 1. The Morgan fingerprint density at radius 3 is 2.33 bits per heavy atom. The molecule has 0 spiro atoms. The number of ether oxygens (including phenoxy) is 1. The smallest absolute Gasteiger partial charge is 0.234 e. The van der Waals surface area contributed by atoms with Crippen molar-refractivity contribution in [2.75, 3.05) is 12.8 Å². The molecule has 0 fully saturated rings. The van der Waals surface area contributed by atoms with Crippen LogP contribution in [0, 0.1) is 22.7 Å². The Balaban J connectivity index is 2.89. The largest absolute Gasteiger partial charge is 0.480 e. The van der Waals surface area contributed by atoms with Crippen molar-refractivity contribution in [2.45, 2.75) is 0 Å². The zero-order valence-electron chi connectivity index (χ0n) is 10.8. The fourth-order valence-corrected chi connectivity index (χ4v) is 2.18. The second kappa shape index (κ2) is 5.88. The van der Waals surface area contributed by atoms with E-state index < -0.39 is 0 Å². The van der Waals surface area contributed by atoms with Crippen molar-refractivity contribution in [1.29, 1.82) is 10.5 Å². The predicted octanol–water partition coefficient (Wildman–Crippen LogP) is 3.39. The lowest BCUT2D eigenvalue weighted by Crippen LogP contribution is -2.04. The molecule has 104 valence electrons. The molecule has 21 heavy (non-hydrogen) atoms. The van der Waals surface area contributed by atoms with Crippen LogP contribution in [0.25, 0.3) is 11.1 Å². The Hall–Kier alpha value is -2.47. The number of nitrogens with two attached hydrogens (primary N) is 1. The third-order valence-electron chi connectivity index (χ3n) is 2.82. The van der Waals surface area contributed by atoms with Crippen molar-refractivity contribution >= 4 is 29.0 Å². The molecule has 5 nitrogen and oxygen atoms in total. The van der Waals surface area contributed by atoms with E-state index in [-0.39, 0.29) is 22.8 Å². The summed E-state index contributed by atoms with van der Waals surface area (Å²) < 4.78 is 5.05. The van der Waals surface area contributed by atoms with Gasteiger partial charge in [-0.2, -0.15) is 15.5 Å². The van der Waals surface area contributed by atoms with Gasteiger partial charge in [0.25, 0.3) is 0 Å². The van der Waals surface area contributed by atoms with Crippen LogP contribution in [-0.2, 0) is 0 Å². The van der Waals surface area contributed by atoms with Crippen LogP contribution in [0.1, 0.15) is 11.1 Å². The minimum absolute atomic E-state index is 0.0191. The number of benzene rings is 1. The molecule has 7 heteroatoms. The maximum Gasteiger partial charge on any atom is 0.234 e. The second-order valence-electron chi connectivity index (χ2n) is 3.98. The van der Waals surface area contributed by atoms with Gasteiger partial charge in [-0.3, -0.25) is 0 Å². The molecular weight excluding hydrogens is 311 g/mol. The molecule has 0 aliphatic carbocycles. The van der Waals surface area contributed by atoms with Gasteiger partial charge in [0.1, 0.15) is 29.1 Å². The van der Waals surface area contributed by atoms with Crippen LogP contribution in [0.5, 0.6) is 5.88 Å². The van der Waals surface area contributed by atoms with Crippen molar-refractivity contribution in [2.24, 2.45) is 0 Å². The van der Waals surface area contributed by atoms with Crippen molar-refractivity contribution in [3.63, 3.8) is 0 Å². The minimum atomic E-state index is -0.0191. The van der Waals surface area contributed by atoms with Crippen LogP contribution in [0.15, 0.2) is 18.2 Å². The summed E-state index contributed by atoms with van der Waals surface area (Å²) in [5.74, 6) is 0.0319. The summed E-state index contributed by atoms with van der Waals surface area (Å²) in [7, 11) is 1.37. The Morgan fingerprint density at radius 1 is 1.14 bits per heavy atom. The lowest BCUT2D eigenvalue weighted by Gasteiger charge is -2.12. The Labute approximate surface area is 131 Å². The number of nitriles is 2. The van der Waals surface area contributed by atoms with Gasteiger partial charge in [-0.1, -0.05) is 29.3 Å². The Bertz CT molecular complexity index is 806. The zero-order valence-corrected chi connectivity index (χ0v) is 12.3. The molecule has 2 aromatic rings. The first kappa shape index (κ1) is 14.9. The number of halogens is 2. The Morgan fingerprint density at radius 2 is 1.81 bits per heavy atom. The highest BCUT2D eigenvalue weighted by Gasteiger charge is 2.21. The lowest BCUT2D eigenvalue weighted by molar-refractivity contribution is 0.397. The van der Waals surface area contributed by atoms with E-state index in [0.717, 1.165) is 0 Å². The van der Waals surface area contributed by atoms with Crippen LogP contribution >= 0.6 is 23.2 Å². The van der Waals surface area contributed by atoms with Crippen molar-refractivity contribution in [3.05, 3.63) is 39.4 Å². The van der Waals surface area contributed by atoms with Gasteiger partial charge >= 0.3 is 0 Å². The molecule has 0 unspecified atom stereocenters. The molecule has 0 atom stereocenters. The monoisotopic (exact) mass is 318 g/mol. The summed E-state index contributed by atoms with van der Waals surface area (Å²) in [6, 6.07) is 8.70. The number of nitrogen functional groups attached to an aromatic ring is 1. The third kappa shape index (κ3) is 2.57. The van der Waals surface area contributed by atoms with E-state index in [2.05, 4.69) is 4.98 Å². The minimum Gasteiger partial charge on any atom is -0.480 e. The molecule has 0 radical (unpaired) electrons. The van der Waals surface area contributed by atoms with Crippen LogP contribution in [-0.4, -0.2) is 12.1 Å². The van der Waals surface area contributed by atoms with Gasteiger partial charge in [0.05, 0.1) is 17.2 Å². The average Bonchev–Trinajstić information content (AvgIpc) is 2.48. The topological polar surface area (TPSA) is 95.7 Å². The maximum atomic E-state index is 9.35. The fraction of sp³-hybridized carbons (Fsp3) is 0.0714. The predicted molar refractivity (Wildman–Crippen MR) is 80.1 cm³/mol. The molecule has 1 aromatic heterocycles. The highest BCUT2D eigenvalue weighted by Crippen LogP contribution is 2.37. The number of rotatable bonds is 2. The standard InChI is InChI=1S/C14H8Cl2N4O/c1-21-14-9(6-18)12(8(5-17)13(19)20-14)7-2-3-10(15)11(16)4-7/h2-4H,1H3,(H2,19,20). The molecule has 0 aliphatic rings. The van der Waals surface area contributed by atoms with E-state index in [1.807, 2.05) is 12.1 Å². The van der Waals surface area contributed by atoms with Crippen molar-refractivity contribution in [1.82, 2.24) is 4.98 Å². The van der Waals surface area contributed by atoms with Crippen LogP contribution < -0.4 is 10.5 Å². The number of hydrogen-bond donors (Lipinski definition) is 1. The first-order valence-electron chi connectivity index (χ1n) is 5.66. The second-order valence-corrected chi connectivity index (χ2v) is 4.80. The number of anilines is 1.